The first kappa shape index (κ1) is 12.6. The highest BCUT2D eigenvalue weighted by atomic mass is 19.1. The fourth-order valence-corrected chi connectivity index (χ4v) is 2.67. The number of rotatable bonds is 0. The van der Waals surface area contributed by atoms with E-state index in [9.17, 15) is 28.0 Å². The summed E-state index contributed by atoms with van der Waals surface area (Å²) >= 11 is 0. The Balaban J connectivity index is 2.36. The van der Waals surface area contributed by atoms with Gasteiger partial charge < -0.3 is 9.47 Å². The zero-order valence-electron chi connectivity index (χ0n) is 10.4. The first-order valence-electron chi connectivity index (χ1n) is 5.92. The van der Waals surface area contributed by atoms with E-state index >= 15 is 0 Å². The van der Waals surface area contributed by atoms with E-state index in [1.165, 1.54) is 0 Å². The number of benzene rings is 2. The molecule has 108 valence electrons. The number of halogens is 2. The molecule has 0 radical (unpaired) electrons. The fourth-order valence-electron chi connectivity index (χ4n) is 2.67. The quantitative estimate of drug-likeness (QED) is 0.544. The molecule has 0 fully saturated rings. The maximum absolute atomic E-state index is 14.1. The molecular formula is C14H2F2O6. The molecule has 2 aromatic carbocycles. The van der Waals surface area contributed by atoms with E-state index in [0.717, 1.165) is 0 Å². The van der Waals surface area contributed by atoms with E-state index in [-0.39, 0.29) is 16.5 Å². The third-order valence-electron chi connectivity index (χ3n) is 3.53. The second-order valence-electron chi connectivity index (χ2n) is 4.67. The molecule has 2 heterocycles. The summed E-state index contributed by atoms with van der Waals surface area (Å²) in [7, 11) is 0. The van der Waals surface area contributed by atoms with Crippen molar-refractivity contribution >= 4 is 34.6 Å². The number of cyclic esters (lactones) is 4. The molecule has 2 aliphatic heterocycles. The molecule has 0 bridgehead atoms. The van der Waals surface area contributed by atoms with Crippen molar-refractivity contribution in [3.8, 4) is 0 Å². The van der Waals surface area contributed by atoms with Crippen molar-refractivity contribution < 1.29 is 37.4 Å². The van der Waals surface area contributed by atoms with Crippen molar-refractivity contribution in [1.29, 1.82) is 0 Å². The SMILES string of the molecule is O=C1OC(=O)c2cc(F)c3c4c(c(F)cc1c24)C(=O)OC3=O. The molecule has 0 unspecified atom stereocenters. The van der Waals surface area contributed by atoms with Crippen molar-refractivity contribution in [2.75, 3.05) is 0 Å². The fraction of sp³-hybridized carbons (Fsp3) is 0. The van der Waals surface area contributed by atoms with Crippen molar-refractivity contribution in [1.82, 2.24) is 0 Å². The lowest BCUT2D eigenvalue weighted by atomic mass is 9.88. The minimum absolute atomic E-state index is 0.195. The van der Waals surface area contributed by atoms with Crippen LogP contribution in [0.4, 0.5) is 8.78 Å². The van der Waals surface area contributed by atoms with Gasteiger partial charge in [-0.15, -0.1) is 0 Å². The van der Waals surface area contributed by atoms with Gasteiger partial charge in [0.2, 0.25) is 0 Å². The number of carbonyl (C=O) groups excluding carboxylic acids is 4. The smallest absolute Gasteiger partial charge is 0.349 e. The van der Waals surface area contributed by atoms with Gasteiger partial charge >= 0.3 is 23.9 Å². The Morgan fingerprint density at radius 1 is 0.636 bits per heavy atom. The first-order chi connectivity index (χ1) is 10.4. The van der Waals surface area contributed by atoms with E-state index < -0.39 is 52.0 Å². The number of esters is 4. The molecule has 0 saturated heterocycles. The number of ether oxygens (including phenoxy) is 2. The summed E-state index contributed by atoms with van der Waals surface area (Å²) in [4.78, 5) is 46.8. The van der Waals surface area contributed by atoms with Gasteiger partial charge in [-0.05, 0) is 12.1 Å². The minimum atomic E-state index is -1.32. The van der Waals surface area contributed by atoms with Crippen molar-refractivity contribution in [3.05, 3.63) is 46.0 Å². The van der Waals surface area contributed by atoms with Crippen LogP contribution in [-0.2, 0) is 9.47 Å². The van der Waals surface area contributed by atoms with Crippen LogP contribution in [0.15, 0.2) is 12.1 Å². The van der Waals surface area contributed by atoms with Crippen LogP contribution in [0.5, 0.6) is 0 Å². The van der Waals surface area contributed by atoms with Crippen molar-refractivity contribution in [2.45, 2.75) is 0 Å². The summed E-state index contributed by atoms with van der Waals surface area (Å²) in [6, 6.07) is 1.38. The largest absolute Gasteiger partial charge is 0.386 e. The number of hydrogen-bond donors (Lipinski definition) is 0. The Bertz CT molecular complexity index is 903. The highest BCUT2D eigenvalue weighted by molar-refractivity contribution is 6.29. The van der Waals surface area contributed by atoms with Crippen LogP contribution in [0.25, 0.3) is 10.8 Å². The maximum Gasteiger partial charge on any atom is 0.349 e. The molecule has 2 aliphatic rings. The highest BCUT2D eigenvalue weighted by Crippen LogP contribution is 2.38. The molecule has 0 saturated carbocycles. The molecule has 4 rings (SSSR count). The van der Waals surface area contributed by atoms with Gasteiger partial charge in [0.1, 0.15) is 22.8 Å². The van der Waals surface area contributed by atoms with E-state index in [1.54, 1.807) is 0 Å². The maximum atomic E-state index is 14.1. The number of hydrogen-bond acceptors (Lipinski definition) is 6. The first-order valence-corrected chi connectivity index (χ1v) is 5.92. The van der Waals surface area contributed by atoms with Crippen LogP contribution in [0.3, 0.4) is 0 Å². The van der Waals surface area contributed by atoms with Gasteiger partial charge in [-0.25, -0.2) is 28.0 Å². The number of carbonyl (C=O) groups is 4. The van der Waals surface area contributed by atoms with Gasteiger partial charge in [-0.2, -0.15) is 0 Å². The predicted molar refractivity (Wildman–Crippen MR) is 63.4 cm³/mol. The Hall–Kier alpha value is -3.16. The van der Waals surface area contributed by atoms with Gasteiger partial charge in [0.25, 0.3) is 0 Å². The van der Waals surface area contributed by atoms with Crippen LogP contribution >= 0.6 is 0 Å². The van der Waals surface area contributed by atoms with Gasteiger partial charge in [0, 0.05) is 10.8 Å². The molecule has 0 N–H and O–H groups in total. The van der Waals surface area contributed by atoms with Crippen LogP contribution in [0.2, 0.25) is 0 Å². The third kappa shape index (κ3) is 1.31. The average molecular weight is 304 g/mol. The van der Waals surface area contributed by atoms with Crippen molar-refractivity contribution in [2.24, 2.45) is 0 Å². The molecule has 22 heavy (non-hydrogen) atoms. The third-order valence-corrected chi connectivity index (χ3v) is 3.53. The monoisotopic (exact) mass is 304 g/mol. The summed E-state index contributed by atoms with van der Waals surface area (Å²) < 4.78 is 36.9. The molecule has 0 aromatic heterocycles. The highest BCUT2D eigenvalue weighted by Gasteiger charge is 2.39. The van der Waals surface area contributed by atoms with Gasteiger partial charge in [0.05, 0.1) is 11.1 Å². The average Bonchev–Trinajstić information content (AvgIpc) is 2.42. The van der Waals surface area contributed by atoms with E-state index in [0.29, 0.717) is 12.1 Å². The standard InChI is InChI=1S/C14H2F2O6/c15-5-1-3-7-4(12(18)21-11(3)17)2-6(16)9-10(7)8(5)13(19)22-14(9)20/h1-2H. The molecule has 0 aliphatic carbocycles. The molecule has 0 spiro atoms. The van der Waals surface area contributed by atoms with Crippen LogP contribution in [-0.4, -0.2) is 23.9 Å². The zero-order valence-corrected chi connectivity index (χ0v) is 10.4. The Kier molecular flexibility index (Phi) is 2.13. The van der Waals surface area contributed by atoms with Gasteiger partial charge in [-0.1, -0.05) is 0 Å². The Morgan fingerprint density at radius 2 is 1.05 bits per heavy atom. The molecule has 6 nitrogen and oxygen atoms in total. The normalized spacial score (nSPS) is 15.9. The molecule has 0 amide bonds. The van der Waals surface area contributed by atoms with E-state index in [1.807, 2.05) is 0 Å². The minimum Gasteiger partial charge on any atom is -0.386 e. The van der Waals surface area contributed by atoms with Gasteiger partial charge in [0.15, 0.2) is 0 Å². The summed E-state index contributed by atoms with van der Waals surface area (Å²) in [5, 5.41) is -0.643. The molecule has 8 heteroatoms. The van der Waals surface area contributed by atoms with E-state index in [4.69, 9.17) is 0 Å². The Morgan fingerprint density at radius 3 is 1.50 bits per heavy atom. The molecule has 2 aromatic rings. The van der Waals surface area contributed by atoms with Gasteiger partial charge in [-0.3, -0.25) is 0 Å². The summed E-state index contributed by atoms with van der Waals surface area (Å²) in [5.74, 6) is -7.28. The lowest BCUT2D eigenvalue weighted by Gasteiger charge is -2.22. The lowest BCUT2D eigenvalue weighted by molar-refractivity contribution is 0.0359. The van der Waals surface area contributed by atoms with Crippen LogP contribution in [0.1, 0.15) is 41.4 Å². The molecular weight excluding hydrogens is 302 g/mol. The van der Waals surface area contributed by atoms with Crippen molar-refractivity contribution in [3.63, 3.8) is 0 Å². The van der Waals surface area contributed by atoms with Crippen LogP contribution < -0.4 is 0 Å². The van der Waals surface area contributed by atoms with E-state index in [2.05, 4.69) is 9.47 Å². The summed E-state index contributed by atoms with van der Waals surface area (Å²) in [5.41, 5.74) is -2.13. The zero-order chi connectivity index (χ0) is 15.8. The molecule has 0 atom stereocenters. The summed E-state index contributed by atoms with van der Waals surface area (Å²) in [6.07, 6.45) is 0. The Labute approximate surface area is 119 Å². The van der Waals surface area contributed by atoms with Crippen LogP contribution in [0, 0.1) is 11.6 Å². The predicted octanol–water partition coefficient (Wildman–Crippen LogP) is 1.74. The lowest BCUT2D eigenvalue weighted by Crippen LogP contribution is -2.27. The summed E-state index contributed by atoms with van der Waals surface area (Å²) in [6.45, 7) is 0. The topological polar surface area (TPSA) is 86.7 Å². The second-order valence-corrected chi connectivity index (χ2v) is 4.67. The second kappa shape index (κ2) is 3.73.